The fourth-order valence-corrected chi connectivity index (χ4v) is 4.73. The summed E-state index contributed by atoms with van der Waals surface area (Å²) in [6.45, 7) is 6.03. The van der Waals surface area contributed by atoms with Gasteiger partial charge in [0, 0.05) is 47.6 Å². The molecule has 1 aliphatic rings. The van der Waals surface area contributed by atoms with Crippen molar-refractivity contribution in [2.75, 3.05) is 5.32 Å². The third kappa shape index (κ3) is 4.86. The van der Waals surface area contributed by atoms with Gasteiger partial charge in [-0.3, -0.25) is 0 Å². The second-order valence-corrected chi connectivity index (χ2v) is 9.21. The molecular weight excluding hydrogens is 404 g/mol. The van der Waals surface area contributed by atoms with E-state index in [2.05, 4.69) is 22.3 Å². The van der Waals surface area contributed by atoms with Gasteiger partial charge in [0.15, 0.2) is 5.82 Å². The van der Waals surface area contributed by atoms with Gasteiger partial charge in [-0.05, 0) is 58.1 Å². The van der Waals surface area contributed by atoms with E-state index in [0.717, 1.165) is 33.6 Å². The van der Waals surface area contributed by atoms with Crippen LogP contribution in [0.15, 0.2) is 29.8 Å². The lowest BCUT2D eigenvalue weighted by Crippen LogP contribution is -2.25. The van der Waals surface area contributed by atoms with Crippen LogP contribution in [0.2, 0.25) is 0 Å². The lowest BCUT2D eigenvalue weighted by molar-refractivity contribution is -0.0457. The molecule has 0 aromatic carbocycles. The molecular formula is C22H27F2N5S. The Balaban J connectivity index is 1.61. The lowest BCUT2D eigenvalue weighted by Gasteiger charge is -2.28. The molecule has 1 N–H and O–H groups in total. The van der Waals surface area contributed by atoms with Crippen LogP contribution < -0.4 is 5.32 Å². The molecule has 5 nitrogen and oxygen atoms in total. The van der Waals surface area contributed by atoms with Crippen LogP contribution >= 0.6 is 11.3 Å². The number of hydrogen-bond acceptors (Lipinski definition) is 5. The number of alkyl halides is 2. The first-order valence-electron chi connectivity index (χ1n) is 10.4. The number of hydrogen-bond donors (Lipinski definition) is 1. The van der Waals surface area contributed by atoms with Gasteiger partial charge >= 0.3 is 0 Å². The van der Waals surface area contributed by atoms with Crippen LogP contribution in [0.25, 0.3) is 5.82 Å². The summed E-state index contributed by atoms with van der Waals surface area (Å²) in [5, 5.41) is 11.1. The Morgan fingerprint density at radius 2 is 2.00 bits per heavy atom. The van der Waals surface area contributed by atoms with Gasteiger partial charge in [0.25, 0.3) is 0 Å². The summed E-state index contributed by atoms with van der Waals surface area (Å²) in [5.74, 6) is -1.53. The van der Waals surface area contributed by atoms with E-state index in [1.54, 1.807) is 17.5 Å². The highest BCUT2D eigenvalue weighted by Gasteiger charge is 2.35. The molecule has 1 unspecified atom stereocenters. The molecule has 1 atom stereocenters. The van der Waals surface area contributed by atoms with E-state index >= 15 is 0 Å². The molecule has 1 aliphatic carbocycles. The van der Waals surface area contributed by atoms with Crippen LogP contribution in [-0.4, -0.2) is 25.7 Å². The van der Waals surface area contributed by atoms with E-state index in [4.69, 9.17) is 4.98 Å². The minimum atomic E-state index is -2.51. The molecule has 30 heavy (non-hydrogen) atoms. The number of nitrogens with one attached hydrogen (secondary N) is 1. The summed E-state index contributed by atoms with van der Waals surface area (Å²) in [7, 11) is 0. The van der Waals surface area contributed by atoms with Crippen LogP contribution in [0.1, 0.15) is 60.7 Å². The number of pyridine rings is 1. The Kier molecular flexibility index (Phi) is 5.86. The average Bonchev–Trinajstić information content (AvgIpc) is 3.33. The summed E-state index contributed by atoms with van der Waals surface area (Å²) in [5.41, 5.74) is 3.78. The van der Waals surface area contributed by atoms with Crippen molar-refractivity contribution in [3.8, 4) is 5.82 Å². The number of anilines is 1. The largest absolute Gasteiger partial charge is 0.376 e. The van der Waals surface area contributed by atoms with Crippen LogP contribution in [0.3, 0.4) is 0 Å². The topological polar surface area (TPSA) is 55.6 Å². The Labute approximate surface area is 179 Å². The summed E-state index contributed by atoms with van der Waals surface area (Å²) in [6.07, 6.45) is 3.52. The highest BCUT2D eigenvalue weighted by Crippen LogP contribution is 2.37. The molecule has 3 aromatic heterocycles. The minimum Gasteiger partial charge on any atom is -0.376 e. The molecule has 0 bridgehead atoms. The van der Waals surface area contributed by atoms with Crippen LogP contribution in [0.4, 0.5) is 14.5 Å². The van der Waals surface area contributed by atoms with Gasteiger partial charge in [-0.1, -0.05) is 0 Å². The molecule has 160 valence electrons. The number of rotatable bonds is 6. The summed E-state index contributed by atoms with van der Waals surface area (Å²) in [6, 6.07) is 6.10. The lowest BCUT2D eigenvalue weighted by atomic mass is 9.84. The maximum absolute atomic E-state index is 13.5. The van der Waals surface area contributed by atoms with Gasteiger partial charge < -0.3 is 5.32 Å². The maximum Gasteiger partial charge on any atom is 0.248 e. The monoisotopic (exact) mass is 431 g/mol. The van der Waals surface area contributed by atoms with Gasteiger partial charge in [0.05, 0.1) is 11.7 Å². The number of halogens is 2. The first-order chi connectivity index (χ1) is 14.3. The molecule has 3 aromatic rings. The van der Waals surface area contributed by atoms with E-state index < -0.39 is 5.92 Å². The number of thiazole rings is 1. The molecule has 0 amide bonds. The predicted molar refractivity (Wildman–Crippen MR) is 116 cm³/mol. The maximum atomic E-state index is 13.5. The first-order valence-corrected chi connectivity index (χ1v) is 11.3. The minimum absolute atomic E-state index is 0.0268. The van der Waals surface area contributed by atoms with E-state index in [9.17, 15) is 8.78 Å². The smallest absolute Gasteiger partial charge is 0.248 e. The van der Waals surface area contributed by atoms with Crippen molar-refractivity contribution in [3.05, 3.63) is 51.9 Å². The average molecular weight is 432 g/mol. The van der Waals surface area contributed by atoms with E-state index in [0.29, 0.717) is 19.3 Å². The third-order valence-corrected chi connectivity index (χ3v) is 6.59. The van der Waals surface area contributed by atoms with Crippen LogP contribution in [-0.2, 0) is 6.42 Å². The first kappa shape index (κ1) is 20.9. The number of aryl methyl sites for hydroxylation is 2. The summed E-state index contributed by atoms with van der Waals surface area (Å²) in [4.78, 5) is 9.23. The van der Waals surface area contributed by atoms with Crippen LogP contribution in [0.5, 0.6) is 0 Å². The quantitative estimate of drug-likeness (QED) is 0.529. The highest BCUT2D eigenvalue weighted by molar-refractivity contribution is 7.09. The van der Waals surface area contributed by atoms with Crippen molar-refractivity contribution in [2.45, 2.75) is 64.8 Å². The standard InChI is InChI=1S/C22H27F2N5S/c1-14-10-15(2)29(28-14)20-13-19(26-16(3)21-25-8-9-30-21)12-18(27-20)11-17-4-6-22(23,24)7-5-17/h8-10,12-13,16-17H,4-7,11H2,1-3H3,(H,26,27). The molecule has 4 rings (SSSR count). The van der Waals surface area contributed by atoms with Crippen molar-refractivity contribution in [3.63, 3.8) is 0 Å². The molecule has 1 fully saturated rings. The van der Waals surface area contributed by atoms with Gasteiger partial charge in [-0.25, -0.2) is 23.4 Å². The van der Waals surface area contributed by atoms with Crippen molar-refractivity contribution in [2.24, 2.45) is 5.92 Å². The predicted octanol–water partition coefficient (Wildman–Crippen LogP) is 5.88. The van der Waals surface area contributed by atoms with Gasteiger partial charge in [-0.2, -0.15) is 5.10 Å². The SMILES string of the molecule is Cc1cc(C)n(-c2cc(NC(C)c3nccs3)cc(CC3CCC(F)(F)CC3)n2)n1. The molecule has 0 saturated heterocycles. The van der Waals surface area contributed by atoms with Crippen molar-refractivity contribution in [1.29, 1.82) is 0 Å². The normalized spacial score (nSPS) is 17.8. The van der Waals surface area contributed by atoms with Crippen molar-refractivity contribution >= 4 is 17.0 Å². The van der Waals surface area contributed by atoms with Gasteiger partial charge in [0.1, 0.15) is 5.01 Å². The van der Waals surface area contributed by atoms with Crippen molar-refractivity contribution in [1.82, 2.24) is 19.7 Å². The number of nitrogens with zero attached hydrogens (tertiary/aromatic N) is 4. The molecule has 0 radical (unpaired) electrons. The van der Waals surface area contributed by atoms with Gasteiger partial charge in [0.2, 0.25) is 5.92 Å². The molecule has 0 aliphatic heterocycles. The Morgan fingerprint density at radius 3 is 2.63 bits per heavy atom. The number of aromatic nitrogens is 4. The fraction of sp³-hybridized carbons (Fsp3) is 0.500. The molecule has 1 saturated carbocycles. The molecule has 8 heteroatoms. The summed E-state index contributed by atoms with van der Waals surface area (Å²) < 4.78 is 28.9. The van der Waals surface area contributed by atoms with Crippen molar-refractivity contribution < 1.29 is 8.78 Å². The second kappa shape index (κ2) is 8.41. The van der Waals surface area contributed by atoms with E-state index in [1.807, 2.05) is 42.1 Å². The molecule has 0 spiro atoms. The summed E-state index contributed by atoms with van der Waals surface area (Å²) >= 11 is 1.61. The Bertz CT molecular complexity index is 989. The second-order valence-electron chi connectivity index (χ2n) is 8.28. The zero-order chi connectivity index (χ0) is 21.3. The zero-order valence-corrected chi connectivity index (χ0v) is 18.3. The zero-order valence-electron chi connectivity index (χ0n) is 17.5. The highest BCUT2D eigenvalue weighted by atomic mass is 32.1. The third-order valence-electron chi connectivity index (χ3n) is 5.63. The van der Waals surface area contributed by atoms with Gasteiger partial charge in [-0.15, -0.1) is 11.3 Å². The van der Waals surface area contributed by atoms with Crippen LogP contribution in [0, 0.1) is 19.8 Å². The van der Waals surface area contributed by atoms with E-state index in [-0.39, 0.29) is 24.8 Å². The Hall–Kier alpha value is -2.35. The fourth-order valence-electron chi connectivity index (χ4n) is 4.09. The molecule has 3 heterocycles. The van der Waals surface area contributed by atoms with E-state index in [1.165, 1.54) is 0 Å². The Morgan fingerprint density at radius 1 is 1.23 bits per heavy atom.